The molecule has 0 spiro atoms. The standard InChI is InChI=1S/C20H34N4O3S.HI/c1-4-21-20(24-18-9-5-7-16(2)13-18)22-15-17-8-6-10-19(14-17)28(25,26)23-11-12-27-3;/h6,8,10,14,16,18,23H,4-5,7,9,11-13,15H2,1-3H3,(H2,21,22,24);1H. The van der Waals surface area contributed by atoms with Crippen molar-refractivity contribution in [2.45, 2.75) is 57.0 Å². The fourth-order valence-electron chi connectivity index (χ4n) is 3.42. The minimum atomic E-state index is -3.54. The molecule has 1 aromatic rings. The summed E-state index contributed by atoms with van der Waals surface area (Å²) in [5, 5.41) is 6.82. The Morgan fingerprint density at radius 1 is 1.31 bits per heavy atom. The van der Waals surface area contributed by atoms with Gasteiger partial charge < -0.3 is 15.4 Å². The minimum Gasteiger partial charge on any atom is -0.383 e. The van der Waals surface area contributed by atoms with Gasteiger partial charge in [-0.3, -0.25) is 0 Å². The number of ether oxygens (including phenoxy) is 1. The molecule has 166 valence electrons. The van der Waals surface area contributed by atoms with Crippen molar-refractivity contribution >= 4 is 40.0 Å². The molecule has 3 N–H and O–H groups in total. The Labute approximate surface area is 192 Å². The van der Waals surface area contributed by atoms with Gasteiger partial charge in [0.25, 0.3) is 0 Å². The van der Waals surface area contributed by atoms with Crippen LogP contribution in [0.15, 0.2) is 34.2 Å². The van der Waals surface area contributed by atoms with Crippen LogP contribution in [-0.2, 0) is 21.3 Å². The van der Waals surface area contributed by atoms with E-state index in [-0.39, 0.29) is 35.4 Å². The summed E-state index contributed by atoms with van der Waals surface area (Å²) >= 11 is 0. The van der Waals surface area contributed by atoms with Crippen LogP contribution in [-0.4, -0.2) is 47.2 Å². The maximum Gasteiger partial charge on any atom is 0.240 e. The molecule has 0 heterocycles. The molecule has 1 aromatic carbocycles. The molecule has 9 heteroatoms. The van der Waals surface area contributed by atoms with Crippen LogP contribution in [0.25, 0.3) is 0 Å². The quantitative estimate of drug-likeness (QED) is 0.195. The zero-order chi connectivity index (χ0) is 20.4. The Morgan fingerprint density at radius 2 is 2.10 bits per heavy atom. The third-order valence-corrected chi connectivity index (χ3v) is 6.31. The average Bonchev–Trinajstić information content (AvgIpc) is 2.67. The van der Waals surface area contributed by atoms with Crippen molar-refractivity contribution in [1.29, 1.82) is 0 Å². The van der Waals surface area contributed by atoms with Gasteiger partial charge in [0.2, 0.25) is 10.0 Å². The monoisotopic (exact) mass is 538 g/mol. The molecular formula is C20H35IN4O3S. The molecule has 2 unspecified atom stereocenters. The highest BCUT2D eigenvalue weighted by molar-refractivity contribution is 14.0. The first-order valence-electron chi connectivity index (χ1n) is 10.1. The molecule has 29 heavy (non-hydrogen) atoms. The van der Waals surface area contributed by atoms with Gasteiger partial charge in [0.1, 0.15) is 0 Å². The Hall–Kier alpha value is -0.910. The van der Waals surface area contributed by atoms with Crippen molar-refractivity contribution in [2.24, 2.45) is 10.9 Å². The normalized spacial score (nSPS) is 20.0. The number of guanidine groups is 1. The van der Waals surface area contributed by atoms with E-state index in [1.165, 1.54) is 20.0 Å². The number of halogens is 1. The molecule has 0 aliphatic heterocycles. The number of methoxy groups -OCH3 is 1. The van der Waals surface area contributed by atoms with Gasteiger partial charge in [-0.2, -0.15) is 0 Å². The number of benzene rings is 1. The maximum atomic E-state index is 12.4. The first-order valence-corrected chi connectivity index (χ1v) is 11.5. The predicted molar refractivity (Wildman–Crippen MR) is 128 cm³/mol. The van der Waals surface area contributed by atoms with Crippen molar-refractivity contribution in [2.75, 3.05) is 26.8 Å². The van der Waals surface area contributed by atoms with Crippen LogP contribution in [0.4, 0.5) is 0 Å². The van der Waals surface area contributed by atoms with Crippen LogP contribution < -0.4 is 15.4 Å². The lowest BCUT2D eigenvalue weighted by atomic mass is 9.87. The van der Waals surface area contributed by atoms with Crippen LogP contribution in [0.1, 0.15) is 45.1 Å². The lowest BCUT2D eigenvalue weighted by molar-refractivity contribution is 0.204. The fourth-order valence-corrected chi connectivity index (χ4v) is 4.50. The van der Waals surface area contributed by atoms with E-state index in [4.69, 9.17) is 4.74 Å². The van der Waals surface area contributed by atoms with Crippen LogP contribution in [0.2, 0.25) is 0 Å². The van der Waals surface area contributed by atoms with Gasteiger partial charge in [-0.15, -0.1) is 24.0 Å². The number of hydrogen-bond donors (Lipinski definition) is 3. The second kappa shape index (κ2) is 13.4. The lowest BCUT2D eigenvalue weighted by Crippen LogP contribution is -2.45. The van der Waals surface area contributed by atoms with Gasteiger partial charge in [0.05, 0.1) is 18.0 Å². The molecule has 7 nitrogen and oxygen atoms in total. The summed E-state index contributed by atoms with van der Waals surface area (Å²) in [6, 6.07) is 7.35. The second-order valence-corrected chi connectivity index (χ2v) is 9.11. The zero-order valence-corrected chi connectivity index (χ0v) is 20.8. The number of nitrogens with zero attached hydrogens (tertiary/aromatic N) is 1. The largest absolute Gasteiger partial charge is 0.383 e. The highest BCUT2D eigenvalue weighted by atomic mass is 127. The highest BCUT2D eigenvalue weighted by Gasteiger charge is 2.19. The summed E-state index contributed by atoms with van der Waals surface area (Å²) in [7, 11) is -2.00. The summed E-state index contributed by atoms with van der Waals surface area (Å²) in [5.41, 5.74) is 0.851. The number of sulfonamides is 1. The number of aliphatic imine (C=N–C) groups is 1. The third-order valence-electron chi connectivity index (χ3n) is 4.85. The Morgan fingerprint density at radius 3 is 2.79 bits per heavy atom. The molecule has 1 aliphatic carbocycles. The Kier molecular flexibility index (Phi) is 12.1. The van der Waals surface area contributed by atoms with Gasteiger partial charge in [0.15, 0.2) is 5.96 Å². The summed E-state index contributed by atoms with van der Waals surface area (Å²) < 4.78 is 32.2. The van der Waals surface area contributed by atoms with E-state index in [9.17, 15) is 8.42 Å². The van der Waals surface area contributed by atoms with E-state index in [2.05, 4.69) is 27.3 Å². The molecule has 2 atom stereocenters. The third kappa shape index (κ3) is 9.18. The molecule has 1 fully saturated rings. The van der Waals surface area contributed by atoms with E-state index in [1.807, 2.05) is 13.0 Å². The van der Waals surface area contributed by atoms with E-state index >= 15 is 0 Å². The van der Waals surface area contributed by atoms with Gasteiger partial charge in [-0.05, 0) is 43.4 Å². The summed E-state index contributed by atoms with van der Waals surface area (Å²) in [6.45, 7) is 6.12. The van der Waals surface area contributed by atoms with Crippen molar-refractivity contribution in [1.82, 2.24) is 15.4 Å². The molecule has 0 aromatic heterocycles. The van der Waals surface area contributed by atoms with Crippen molar-refractivity contribution in [3.63, 3.8) is 0 Å². The van der Waals surface area contributed by atoms with Crippen LogP contribution in [0.3, 0.4) is 0 Å². The van der Waals surface area contributed by atoms with Crippen LogP contribution >= 0.6 is 24.0 Å². The van der Waals surface area contributed by atoms with Crippen molar-refractivity contribution in [3.05, 3.63) is 29.8 Å². The Bertz CT molecular complexity index is 743. The molecule has 0 saturated heterocycles. The minimum absolute atomic E-state index is 0. The summed E-state index contributed by atoms with van der Waals surface area (Å²) in [4.78, 5) is 4.91. The molecule has 1 saturated carbocycles. The smallest absolute Gasteiger partial charge is 0.240 e. The van der Waals surface area contributed by atoms with Gasteiger partial charge in [-0.25, -0.2) is 18.1 Å². The van der Waals surface area contributed by atoms with Gasteiger partial charge in [0, 0.05) is 26.2 Å². The first kappa shape index (κ1) is 26.1. The van der Waals surface area contributed by atoms with Crippen molar-refractivity contribution in [3.8, 4) is 0 Å². The molecule has 0 radical (unpaired) electrons. The van der Waals surface area contributed by atoms with Crippen molar-refractivity contribution < 1.29 is 13.2 Å². The van der Waals surface area contributed by atoms with Gasteiger partial charge in [-0.1, -0.05) is 31.9 Å². The van der Waals surface area contributed by atoms with Crippen LogP contribution in [0.5, 0.6) is 0 Å². The maximum absolute atomic E-state index is 12.4. The topological polar surface area (TPSA) is 91.8 Å². The van der Waals surface area contributed by atoms with E-state index in [0.717, 1.165) is 36.8 Å². The molecule has 2 rings (SSSR count). The number of nitrogens with one attached hydrogen (secondary N) is 3. The molecule has 0 bridgehead atoms. The SMILES string of the molecule is CCNC(=NCc1cccc(S(=O)(=O)NCCOC)c1)NC1CCCC(C)C1.I. The first-order chi connectivity index (χ1) is 13.4. The van der Waals surface area contributed by atoms with Crippen LogP contribution in [0, 0.1) is 5.92 Å². The summed E-state index contributed by atoms with van der Waals surface area (Å²) in [6.07, 6.45) is 4.86. The molecule has 1 aliphatic rings. The fraction of sp³-hybridized carbons (Fsp3) is 0.650. The van der Waals surface area contributed by atoms with E-state index in [0.29, 0.717) is 19.2 Å². The number of hydrogen-bond acceptors (Lipinski definition) is 4. The predicted octanol–water partition coefficient (Wildman–Crippen LogP) is 2.86. The zero-order valence-electron chi connectivity index (χ0n) is 17.6. The number of rotatable bonds is 9. The Balaban J connectivity index is 0.00000420. The molecule has 0 amide bonds. The lowest BCUT2D eigenvalue weighted by Gasteiger charge is -2.28. The van der Waals surface area contributed by atoms with Gasteiger partial charge >= 0.3 is 0 Å². The average molecular weight is 538 g/mol. The summed E-state index contributed by atoms with van der Waals surface area (Å²) in [5.74, 6) is 1.52. The van der Waals surface area contributed by atoms with E-state index < -0.39 is 10.0 Å². The molecular weight excluding hydrogens is 503 g/mol. The second-order valence-electron chi connectivity index (χ2n) is 7.35. The highest BCUT2D eigenvalue weighted by Crippen LogP contribution is 2.23. The van der Waals surface area contributed by atoms with E-state index in [1.54, 1.807) is 18.2 Å².